The van der Waals surface area contributed by atoms with Crippen molar-refractivity contribution < 1.29 is 9.72 Å². The molecule has 10 heteroatoms. The van der Waals surface area contributed by atoms with Gasteiger partial charge in [-0.05, 0) is 48.2 Å². The van der Waals surface area contributed by atoms with Crippen LogP contribution < -0.4 is 5.32 Å². The Morgan fingerprint density at radius 2 is 1.93 bits per heavy atom. The summed E-state index contributed by atoms with van der Waals surface area (Å²) in [7, 11) is 0. The summed E-state index contributed by atoms with van der Waals surface area (Å²) in [5.41, 5.74) is 1.74. The lowest BCUT2D eigenvalue weighted by atomic mass is 10.2. The van der Waals surface area contributed by atoms with Gasteiger partial charge in [0.05, 0.1) is 31.2 Å². The Kier molecular flexibility index (Phi) is 5.63. The van der Waals surface area contributed by atoms with Crippen LogP contribution in [0.3, 0.4) is 0 Å². The van der Waals surface area contributed by atoms with E-state index in [1.807, 2.05) is 6.07 Å². The molecule has 30 heavy (non-hydrogen) atoms. The van der Waals surface area contributed by atoms with Gasteiger partial charge in [-0.2, -0.15) is 0 Å². The highest BCUT2D eigenvalue weighted by Crippen LogP contribution is 2.34. The number of thioether (sulfide) groups is 1. The highest BCUT2D eigenvalue weighted by Gasteiger charge is 2.24. The van der Waals surface area contributed by atoms with Crippen molar-refractivity contribution in [2.24, 2.45) is 4.99 Å². The van der Waals surface area contributed by atoms with Gasteiger partial charge in [0.15, 0.2) is 5.17 Å². The van der Waals surface area contributed by atoms with Gasteiger partial charge in [-0.15, -0.1) is 0 Å². The zero-order chi connectivity index (χ0) is 21.3. The first-order valence-electron chi connectivity index (χ1n) is 8.58. The Morgan fingerprint density at radius 3 is 2.73 bits per heavy atom. The number of hydrogen-bond acceptors (Lipinski definition) is 5. The molecule has 0 unspecified atom stereocenters. The van der Waals surface area contributed by atoms with E-state index in [0.717, 1.165) is 0 Å². The minimum absolute atomic E-state index is 0.0133. The summed E-state index contributed by atoms with van der Waals surface area (Å²) in [5.74, 6) is -0.302. The van der Waals surface area contributed by atoms with Crippen LogP contribution >= 0.6 is 35.0 Å². The fourth-order valence-corrected chi connectivity index (χ4v) is 3.96. The number of hydrogen-bond donors (Lipinski definition) is 1. The minimum atomic E-state index is -0.449. The lowest BCUT2D eigenvalue weighted by Gasteiger charge is -2.06. The molecule has 1 saturated heterocycles. The number of halogens is 2. The maximum Gasteiger partial charge on any atom is 0.271 e. The molecule has 1 N–H and O–H groups in total. The van der Waals surface area contributed by atoms with E-state index in [4.69, 9.17) is 23.2 Å². The average Bonchev–Trinajstić information content (AvgIpc) is 3.32. The molecule has 1 amide bonds. The number of aliphatic imine (C=N–C) groups is 1. The first-order chi connectivity index (χ1) is 14.4. The number of benzene rings is 2. The largest absolute Gasteiger partial charge is 0.317 e. The van der Waals surface area contributed by atoms with E-state index in [0.29, 0.717) is 37.2 Å². The summed E-state index contributed by atoms with van der Waals surface area (Å²) in [6.07, 6.45) is 3.46. The van der Waals surface area contributed by atoms with Crippen LogP contribution in [-0.2, 0) is 4.79 Å². The van der Waals surface area contributed by atoms with Gasteiger partial charge in [0.1, 0.15) is 0 Å². The predicted molar refractivity (Wildman–Crippen MR) is 120 cm³/mol. The summed E-state index contributed by atoms with van der Waals surface area (Å²) < 4.78 is 1.76. The van der Waals surface area contributed by atoms with E-state index in [9.17, 15) is 14.9 Å². The highest BCUT2D eigenvalue weighted by molar-refractivity contribution is 8.18. The molecule has 3 aromatic rings. The zero-order valence-electron chi connectivity index (χ0n) is 15.1. The molecule has 4 rings (SSSR count). The number of nitro benzene ring substituents is 1. The molecule has 1 aliphatic rings. The predicted octanol–water partition coefficient (Wildman–Crippen LogP) is 5.58. The first-order valence-corrected chi connectivity index (χ1v) is 10.2. The molecule has 1 aliphatic heterocycles. The van der Waals surface area contributed by atoms with Gasteiger partial charge >= 0.3 is 0 Å². The molecule has 0 saturated carbocycles. The van der Waals surface area contributed by atoms with Crippen LogP contribution in [0.4, 0.5) is 11.4 Å². The Labute approximate surface area is 185 Å². The van der Waals surface area contributed by atoms with Crippen LogP contribution in [0.25, 0.3) is 11.8 Å². The smallest absolute Gasteiger partial charge is 0.271 e. The Balaban J connectivity index is 1.64. The Bertz CT molecular complexity index is 1240. The monoisotopic (exact) mass is 458 g/mol. The second-order valence-electron chi connectivity index (χ2n) is 6.13. The lowest BCUT2D eigenvalue weighted by Crippen LogP contribution is -2.19. The number of nitro groups is 1. The highest BCUT2D eigenvalue weighted by atomic mass is 35.5. The van der Waals surface area contributed by atoms with Crippen LogP contribution in [0.5, 0.6) is 0 Å². The molecule has 0 spiro atoms. The topological polar surface area (TPSA) is 89.5 Å². The molecular weight excluding hydrogens is 447 g/mol. The van der Waals surface area contributed by atoms with Gasteiger partial charge in [-0.3, -0.25) is 14.9 Å². The van der Waals surface area contributed by atoms with Gasteiger partial charge in [0, 0.05) is 24.0 Å². The van der Waals surface area contributed by atoms with Crippen molar-refractivity contribution in [3.8, 4) is 5.69 Å². The summed E-state index contributed by atoms with van der Waals surface area (Å²) in [5, 5.41) is 14.8. The summed E-state index contributed by atoms with van der Waals surface area (Å²) >= 11 is 13.3. The molecule has 0 atom stereocenters. The van der Waals surface area contributed by atoms with Crippen molar-refractivity contribution >= 4 is 63.5 Å². The summed E-state index contributed by atoms with van der Waals surface area (Å²) in [6.45, 7) is 0. The molecule has 2 aromatic carbocycles. The number of non-ortho nitro benzene ring substituents is 1. The van der Waals surface area contributed by atoms with Crippen LogP contribution in [0.15, 0.2) is 70.7 Å². The molecule has 150 valence electrons. The second kappa shape index (κ2) is 8.35. The normalized spacial score (nSPS) is 16.3. The number of nitrogens with zero attached hydrogens (tertiary/aromatic N) is 3. The van der Waals surface area contributed by atoms with Crippen LogP contribution in [0.1, 0.15) is 5.69 Å². The quantitative estimate of drug-likeness (QED) is 0.313. The van der Waals surface area contributed by atoms with Crippen LogP contribution in [-0.4, -0.2) is 20.6 Å². The number of nitrogens with one attached hydrogen (secondary N) is 1. The second-order valence-corrected chi connectivity index (χ2v) is 7.95. The number of rotatable bonds is 4. The third kappa shape index (κ3) is 4.11. The zero-order valence-corrected chi connectivity index (χ0v) is 17.4. The van der Waals surface area contributed by atoms with Crippen molar-refractivity contribution in [2.45, 2.75) is 0 Å². The van der Waals surface area contributed by atoms with Gasteiger partial charge in [0.25, 0.3) is 11.6 Å². The summed E-state index contributed by atoms with van der Waals surface area (Å²) in [6, 6.07) is 14.9. The number of amides is 1. The number of carbonyl (C=O) groups excluding carboxylic acids is 1. The molecule has 0 bridgehead atoms. The van der Waals surface area contributed by atoms with Crippen molar-refractivity contribution in [1.82, 2.24) is 9.88 Å². The number of carbonyl (C=O) groups is 1. The fourth-order valence-electron chi connectivity index (χ4n) is 2.81. The standard InChI is InChI=1S/C20H12Cl2N4O3S/c21-15-7-2-8-16(18(15)22)23-20-24-19(27)17(30-20)11-13-6-3-9-25(13)12-4-1-5-14(10-12)26(28)29/h1-11H,(H,23,24,27). The van der Waals surface area contributed by atoms with Crippen molar-refractivity contribution in [1.29, 1.82) is 0 Å². The van der Waals surface area contributed by atoms with Crippen LogP contribution in [0, 0.1) is 10.1 Å². The van der Waals surface area contributed by atoms with Crippen molar-refractivity contribution in [3.05, 3.63) is 91.6 Å². The van der Waals surface area contributed by atoms with E-state index in [-0.39, 0.29) is 11.6 Å². The van der Waals surface area contributed by atoms with Crippen molar-refractivity contribution in [3.63, 3.8) is 0 Å². The molecule has 7 nitrogen and oxygen atoms in total. The lowest BCUT2D eigenvalue weighted by molar-refractivity contribution is -0.384. The average molecular weight is 459 g/mol. The molecule has 1 fully saturated rings. The number of aromatic nitrogens is 1. The maximum atomic E-state index is 12.4. The van der Waals surface area contributed by atoms with Gasteiger partial charge in [0.2, 0.25) is 0 Å². The van der Waals surface area contributed by atoms with Gasteiger partial charge in [-0.25, -0.2) is 4.99 Å². The van der Waals surface area contributed by atoms with E-state index >= 15 is 0 Å². The summed E-state index contributed by atoms with van der Waals surface area (Å²) in [4.78, 5) is 27.8. The van der Waals surface area contributed by atoms with E-state index in [1.165, 1.54) is 23.9 Å². The maximum absolute atomic E-state index is 12.4. The molecule has 0 radical (unpaired) electrons. The third-order valence-electron chi connectivity index (χ3n) is 4.18. The molecule has 2 heterocycles. The third-order valence-corrected chi connectivity index (χ3v) is 5.90. The van der Waals surface area contributed by atoms with E-state index in [2.05, 4.69) is 10.3 Å². The van der Waals surface area contributed by atoms with Crippen LogP contribution in [0.2, 0.25) is 10.0 Å². The van der Waals surface area contributed by atoms with Gasteiger partial charge in [-0.1, -0.05) is 35.3 Å². The fraction of sp³-hybridized carbons (Fsp3) is 0. The van der Waals surface area contributed by atoms with Gasteiger partial charge < -0.3 is 9.88 Å². The molecule has 0 aliphatic carbocycles. The van der Waals surface area contributed by atoms with E-state index in [1.54, 1.807) is 53.2 Å². The molecular formula is C20H12Cl2N4O3S. The SMILES string of the molecule is O=C1NC(=Nc2cccc(Cl)c2Cl)SC1=Cc1cccn1-c1cccc([N+](=O)[O-])c1. The minimum Gasteiger partial charge on any atom is -0.317 e. The number of amidine groups is 1. The Morgan fingerprint density at radius 1 is 1.13 bits per heavy atom. The Hall–Kier alpha value is -3.07. The van der Waals surface area contributed by atoms with Crippen molar-refractivity contribution in [2.75, 3.05) is 0 Å². The first kappa shape index (κ1) is 20.2. The van der Waals surface area contributed by atoms with E-state index < -0.39 is 4.92 Å². The molecule has 1 aromatic heterocycles.